The fourth-order valence-corrected chi connectivity index (χ4v) is 3.57. The van der Waals surface area contributed by atoms with E-state index < -0.39 is 24.0 Å². The Labute approximate surface area is 157 Å². The smallest absolute Gasteiger partial charge is 0.330 e. The van der Waals surface area contributed by atoms with E-state index in [1.165, 1.54) is 0 Å². The highest BCUT2D eigenvalue weighted by Crippen LogP contribution is 2.32. The average molecular weight is 367 g/mol. The Balaban J connectivity index is 1.51. The molecule has 2 heterocycles. The number of rotatable bonds is 4. The second kappa shape index (κ2) is 6.61. The maximum atomic E-state index is 12.7. The molecule has 0 fully saturated rings. The highest BCUT2D eigenvalue weighted by atomic mass is 16.5. The van der Waals surface area contributed by atoms with E-state index in [1.54, 1.807) is 18.2 Å². The zero-order chi connectivity index (χ0) is 19.1. The lowest BCUT2D eigenvalue weighted by molar-refractivity contribution is -0.143. The minimum atomic E-state index is -1.13. The number of carboxylic acid groups (broad SMARTS) is 1. The largest absolute Gasteiger partial charge is 0.493 e. The molecule has 0 saturated carbocycles. The van der Waals surface area contributed by atoms with Crippen molar-refractivity contribution in [3.05, 3.63) is 58.1 Å². The number of carboxylic acids is 1. The van der Waals surface area contributed by atoms with Crippen LogP contribution in [0.1, 0.15) is 33.9 Å². The molecule has 4 rings (SSSR count). The summed E-state index contributed by atoms with van der Waals surface area (Å²) in [6, 6.07) is 8.05. The highest BCUT2D eigenvalue weighted by Gasteiger charge is 2.33. The van der Waals surface area contributed by atoms with Crippen LogP contribution in [0, 0.1) is 13.8 Å². The minimum Gasteiger partial charge on any atom is -0.493 e. The molecule has 0 spiro atoms. The van der Waals surface area contributed by atoms with E-state index in [1.807, 2.05) is 26.0 Å². The quantitative estimate of drug-likeness (QED) is 0.867. The number of carbonyl (C=O) groups excluding carboxylic acids is 1. The van der Waals surface area contributed by atoms with Crippen LogP contribution < -0.4 is 14.8 Å². The first-order valence-corrected chi connectivity index (χ1v) is 8.98. The molecule has 2 aliphatic rings. The first-order chi connectivity index (χ1) is 12.9. The summed E-state index contributed by atoms with van der Waals surface area (Å²) >= 11 is 0. The molecule has 1 amide bonds. The summed E-state index contributed by atoms with van der Waals surface area (Å²) in [5.74, 6) is -0.0654. The topological polar surface area (TPSA) is 84.9 Å². The summed E-state index contributed by atoms with van der Waals surface area (Å²) < 4.78 is 11.2. The van der Waals surface area contributed by atoms with E-state index in [0.717, 1.165) is 34.4 Å². The lowest BCUT2D eigenvalue weighted by atomic mass is 10.0. The molecule has 0 aromatic heterocycles. The Morgan fingerprint density at radius 2 is 1.89 bits per heavy atom. The Morgan fingerprint density at radius 3 is 2.67 bits per heavy atom. The second-order valence-corrected chi connectivity index (χ2v) is 7.10. The van der Waals surface area contributed by atoms with Gasteiger partial charge >= 0.3 is 5.97 Å². The van der Waals surface area contributed by atoms with Gasteiger partial charge < -0.3 is 19.9 Å². The summed E-state index contributed by atoms with van der Waals surface area (Å²) in [5.41, 5.74) is 4.70. The van der Waals surface area contributed by atoms with Crippen LogP contribution in [0.2, 0.25) is 0 Å². The van der Waals surface area contributed by atoms with Gasteiger partial charge in [0.05, 0.1) is 6.61 Å². The van der Waals surface area contributed by atoms with Crippen molar-refractivity contribution in [2.75, 3.05) is 6.61 Å². The van der Waals surface area contributed by atoms with Crippen LogP contribution in [0.15, 0.2) is 30.3 Å². The molecule has 140 valence electrons. The highest BCUT2D eigenvalue weighted by molar-refractivity contribution is 5.88. The molecule has 0 radical (unpaired) electrons. The summed E-state index contributed by atoms with van der Waals surface area (Å²) in [6.07, 6.45) is 0.455. The molecule has 2 aromatic carbocycles. The van der Waals surface area contributed by atoms with Crippen LogP contribution >= 0.6 is 0 Å². The Morgan fingerprint density at radius 1 is 1.11 bits per heavy atom. The monoisotopic (exact) mass is 367 g/mol. The molecule has 6 nitrogen and oxygen atoms in total. The van der Waals surface area contributed by atoms with Gasteiger partial charge in [-0.2, -0.15) is 0 Å². The van der Waals surface area contributed by atoms with E-state index in [2.05, 4.69) is 5.32 Å². The fraction of sp³-hybridized carbons (Fsp3) is 0.333. The summed E-state index contributed by atoms with van der Waals surface area (Å²) in [7, 11) is 0. The zero-order valence-corrected chi connectivity index (χ0v) is 15.2. The van der Waals surface area contributed by atoms with Gasteiger partial charge in [-0.15, -0.1) is 0 Å². The van der Waals surface area contributed by atoms with Gasteiger partial charge in [-0.1, -0.05) is 12.1 Å². The summed E-state index contributed by atoms with van der Waals surface area (Å²) in [4.78, 5) is 24.5. The van der Waals surface area contributed by atoms with E-state index in [0.29, 0.717) is 24.3 Å². The van der Waals surface area contributed by atoms with Gasteiger partial charge in [0.25, 0.3) is 5.91 Å². The first kappa shape index (κ1) is 17.4. The van der Waals surface area contributed by atoms with Crippen molar-refractivity contribution < 1.29 is 24.2 Å². The SMILES string of the molecule is Cc1cc2c(cc1C)OC(C(=O)NC(C(=O)O)c1ccc3c(c1)CCO3)C2. The van der Waals surface area contributed by atoms with Crippen molar-refractivity contribution in [3.63, 3.8) is 0 Å². The van der Waals surface area contributed by atoms with E-state index in [9.17, 15) is 14.7 Å². The number of hydrogen-bond donors (Lipinski definition) is 2. The Bertz CT molecular complexity index is 905. The molecule has 0 bridgehead atoms. The predicted octanol–water partition coefficient (Wildman–Crippen LogP) is 2.48. The molecular formula is C21H21NO5. The Kier molecular flexibility index (Phi) is 4.26. The average Bonchev–Trinajstić information content (AvgIpc) is 3.25. The molecule has 2 N–H and O–H groups in total. The predicted molar refractivity (Wildman–Crippen MR) is 98.2 cm³/mol. The third-order valence-electron chi connectivity index (χ3n) is 5.22. The van der Waals surface area contributed by atoms with Gasteiger partial charge in [-0.3, -0.25) is 4.79 Å². The number of amides is 1. The van der Waals surface area contributed by atoms with Crippen molar-refractivity contribution in [1.29, 1.82) is 0 Å². The molecule has 27 heavy (non-hydrogen) atoms. The lowest BCUT2D eigenvalue weighted by Crippen LogP contribution is -2.42. The number of aryl methyl sites for hydroxylation is 2. The van der Waals surface area contributed by atoms with E-state index in [-0.39, 0.29) is 0 Å². The summed E-state index contributed by atoms with van der Waals surface area (Å²) in [6.45, 7) is 4.60. The summed E-state index contributed by atoms with van der Waals surface area (Å²) in [5, 5.41) is 12.3. The number of benzene rings is 2. The molecule has 0 saturated heterocycles. The van der Waals surface area contributed by atoms with Gasteiger partial charge in [-0.25, -0.2) is 4.79 Å². The number of carbonyl (C=O) groups is 2. The molecule has 6 heteroatoms. The van der Waals surface area contributed by atoms with Crippen molar-refractivity contribution >= 4 is 11.9 Å². The van der Waals surface area contributed by atoms with Crippen molar-refractivity contribution in [1.82, 2.24) is 5.32 Å². The van der Waals surface area contributed by atoms with Crippen LogP contribution in [-0.4, -0.2) is 29.7 Å². The van der Waals surface area contributed by atoms with Gasteiger partial charge in [0.15, 0.2) is 12.1 Å². The standard InChI is InChI=1S/C21H21NO5/c1-11-7-15-10-18(27-17(15)8-12(11)2)20(23)22-19(21(24)25)14-3-4-16-13(9-14)5-6-26-16/h3-4,7-9,18-19H,5-6,10H2,1-2H3,(H,22,23)(H,24,25). The van der Waals surface area contributed by atoms with Gasteiger partial charge in [0.2, 0.25) is 0 Å². The third-order valence-corrected chi connectivity index (χ3v) is 5.22. The third kappa shape index (κ3) is 3.23. The minimum absolute atomic E-state index is 0.425. The van der Waals surface area contributed by atoms with Crippen LogP contribution in [0.3, 0.4) is 0 Å². The van der Waals surface area contributed by atoms with Crippen molar-refractivity contribution in [3.8, 4) is 11.5 Å². The second-order valence-electron chi connectivity index (χ2n) is 7.10. The number of ether oxygens (including phenoxy) is 2. The Hall–Kier alpha value is -3.02. The fourth-order valence-electron chi connectivity index (χ4n) is 3.57. The van der Waals surface area contributed by atoms with Crippen LogP contribution in [0.5, 0.6) is 11.5 Å². The van der Waals surface area contributed by atoms with Crippen LogP contribution in [-0.2, 0) is 22.4 Å². The van der Waals surface area contributed by atoms with Crippen LogP contribution in [0.25, 0.3) is 0 Å². The molecule has 2 unspecified atom stereocenters. The molecule has 2 aliphatic heterocycles. The molecule has 0 aliphatic carbocycles. The molecule has 2 aromatic rings. The number of aliphatic carboxylic acids is 1. The van der Waals surface area contributed by atoms with Crippen molar-refractivity contribution in [2.24, 2.45) is 0 Å². The van der Waals surface area contributed by atoms with Gasteiger partial charge in [0.1, 0.15) is 11.5 Å². The maximum absolute atomic E-state index is 12.7. The van der Waals surface area contributed by atoms with Crippen molar-refractivity contribution in [2.45, 2.75) is 38.8 Å². The van der Waals surface area contributed by atoms with Gasteiger partial charge in [0, 0.05) is 12.8 Å². The van der Waals surface area contributed by atoms with Crippen LogP contribution in [0.4, 0.5) is 0 Å². The lowest BCUT2D eigenvalue weighted by Gasteiger charge is -2.18. The number of nitrogens with one attached hydrogen (secondary N) is 1. The molecule has 2 atom stereocenters. The van der Waals surface area contributed by atoms with E-state index in [4.69, 9.17) is 9.47 Å². The number of fused-ring (bicyclic) bond motifs is 2. The maximum Gasteiger partial charge on any atom is 0.330 e. The first-order valence-electron chi connectivity index (χ1n) is 8.98. The normalized spacial score (nSPS) is 18.1. The zero-order valence-electron chi connectivity index (χ0n) is 15.2. The van der Waals surface area contributed by atoms with E-state index >= 15 is 0 Å². The molecular weight excluding hydrogens is 346 g/mol. The number of hydrogen-bond acceptors (Lipinski definition) is 4. The van der Waals surface area contributed by atoms with Gasteiger partial charge in [-0.05, 0) is 59.9 Å².